The standard InChI is InChI=1S/C14H19N5O2/c1-8(2)12-11(15)13(19-18-12)14(20)17-7-9-4-5-16-10(6-9)21-3/h4-6,8H,7,15H2,1-3H3,(H,17,20)(H,18,19). The number of ether oxygens (including phenoxy) is 1. The molecule has 2 aromatic heterocycles. The second-order valence-corrected chi connectivity index (χ2v) is 4.94. The third kappa shape index (κ3) is 3.31. The summed E-state index contributed by atoms with van der Waals surface area (Å²) in [5, 5.41) is 9.56. The van der Waals surface area contributed by atoms with E-state index in [1.165, 1.54) is 0 Å². The number of pyridine rings is 1. The lowest BCUT2D eigenvalue weighted by molar-refractivity contribution is 0.0946. The molecule has 0 bridgehead atoms. The number of H-pyrrole nitrogens is 1. The molecule has 0 saturated carbocycles. The predicted molar refractivity (Wildman–Crippen MR) is 79.0 cm³/mol. The zero-order chi connectivity index (χ0) is 15.4. The highest BCUT2D eigenvalue weighted by Crippen LogP contribution is 2.21. The van der Waals surface area contributed by atoms with Crippen molar-refractivity contribution in [2.45, 2.75) is 26.3 Å². The summed E-state index contributed by atoms with van der Waals surface area (Å²) in [7, 11) is 1.54. The molecule has 0 unspecified atom stereocenters. The predicted octanol–water partition coefficient (Wildman–Crippen LogP) is 1.45. The van der Waals surface area contributed by atoms with Gasteiger partial charge in [-0.05, 0) is 17.5 Å². The smallest absolute Gasteiger partial charge is 0.274 e. The van der Waals surface area contributed by atoms with E-state index >= 15 is 0 Å². The van der Waals surface area contributed by atoms with Crippen molar-refractivity contribution in [1.29, 1.82) is 0 Å². The molecule has 0 radical (unpaired) electrons. The Morgan fingerprint density at radius 1 is 1.52 bits per heavy atom. The minimum absolute atomic E-state index is 0.184. The molecule has 0 aliphatic rings. The van der Waals surface area contributed by atoms with Crippen LogP contribution in [-0.2, 0) is 6.54 Å². The van der Waals surface area contributed by atoms with Gasteiger partial charge in [-0.3, -0.25) is 9.89 Å². The van der Waals surface area contributed by atoms with Crippen molar-refractivity contribution in [2.24, 2.45) is 0 Å². The fraction of sp³-hybridized carbons (Fsp3) is 0.357. The summed E-state index contributed by atoms with van der Waals surface area (Å²) >= 11 is 0. The van der Waals surface area contributed by atoms with Gasteiger partial charge in [-0.2, -0.15) is 5.10 Å². The van der Waals surface area contributed by atoms with E-state index in [1.807, 2.05) is 13.8 Å². The molecule has 112 valence electrons. The lowest BCUT2D eigenvalue weighted by Gasteiger charge is -2.06. The lowest BCUT2D eigenvalue weighted by atomic mass is 10.1. The monoisotopic (exact) mass is 289 g/mol. The molecular formula is C14H19N5O2. The maximum atomic E-state index is 12.1. The van der Waals surface area contributed by atoms with Crippen molar-refractivity contribution in [2.75, 3.05) is 12.8 Å². The number of hydrogen-bond donors (Lipinski definition) is 3. The summed E-state index contributed by atoms with van der Waals surface area (Å²) in [5.41, 5.74) is 8.21. The van der Waals surface area contributed by atoms with Gasteiger partial charge >= 0.3 is 0 Å². The SMILES string of the molecule is COc1cc(CNC(=O)c2n[nH]c(C(C)C)c2N)ccn1. The van der Waals surface area contributed by atoms with Gasteiger partial charge in [0.1, 0.15) is 0 Å². The number of anilines is 1. The van der Waals surface area contributed by atoms with E-state index in [-0.39, 0.29) is 17.5 Å². The highest BCUT2D eigenvalue weighted by molar-refractivity contribution is 5.97. The van der Waals surface area contributed by atoms with Crippen molar-refractivity contribution >= 4 is 11.6 Å². The first kappa shape index (κ1) is 14.8. The third-order valence-corrected chi connectivity index (χ3v) is 3.09. The molecule has 0 spiro atoms. The van der Waals surface area contributed by atoms with Gasteiger partial charge in [-0.15, -0.1) is 0 Å². The molecule has 0 aliphatic heterocycles. The Balaban J connectivity index is 2.05. The first-order valence-corrected chi connectivity index (χ1v) is 6.63. The number of nitrogens with one attached hydrogen (secondary N) is 2. The Morgan fingerprint density at radius 3 is 2.90 bits per heavy atom. The van der Waals surface area contributed by atoms with Crippen molar-refractivity contribution in [3.63, 3.8) is 0 Å². The molecule has 1 amide bonds. The molecule has 2 aromatic rings. The summed E-state index contributed by atoms with van der Waals surface area (Å²) in [5.74, 6) is 0.373. The maximum absolute atomic E-state index is 12.1. The number of hydrogen-bond acceptors (Lipinski definition) is 5. The lowest BCUT2D eigenvalue weighted by Crippen LogP contribution is -2.24. The second-order valence-electron chi connectivity index (χ2n) is 4.94. The number of nitrogen functional groups attached to an aromatic ring is 1. The molecule has 2 heterocycles. The highest BCUT2D eigenvalue weighted by Gasteiger charge is 2.18. The fourth-order valence-corrected chi connectivity index (χ4v) is 1.92. The van der Waals surface area contributed by atoms with E-state index < -0.39 is 0 Å². The number of nitrogens with zero attached hydrogens (tertiary/aromatic N) is 2. The topological polar surface area (TPSA) is 106 Å². The van der Waals surface area contributed by atoms with Crippen molar-refractivity contribution in [3.8, 4) is 5.88 Å². The van der Waals surface area contributed by atoms with Gasteiger partial charge in [-0.1, -0.05) is 13.8 Å². The van der Waals surface area contributed by atoms with E-state index in [1.54, 1.807) is 25.4 Å². The van der Waals surface area contributed by atoms with Crippen LogP contribution in [0.5, 0.6) is 5.88 Å². The van der Waals surface area contributed by atoms with Crippen LogP contribution in [0.2, 0.25) is 0 Å². The molecule has 0 fully saturated rings. The van der Waals surface area contributed by atoms with Crippen molar-refractivity contribution in [1.82, 2.24) is 20.5 Å². The Morgan fingerprint density at radius 2 is 2.29 bits per heavy atom. The molecule has 0 aromatic carbocycles. The highest BCUT2D eigenvalue weighted by atomic mass is 16.5. The second kappa shape index (κ2) is 6.25. The van der Waals surface area contributed by atoms with Gasteiger partial charge in [0, 0.05) is 18.8 Å². The van der Waals surface area contributed by atoms with Gasteiger partial charge in [0.25, 0.3) is 5.91 Å². The molecule has 7 nitrogen and oxygen atoms in total. The van der Waals surface area contributed by atoms with Crippen molar-refractivity contribution < 1.29 is 9.53 Å². The van der Waals surface area contributed by atoms with Crippen LogP contribution in [0.15, 0.2) is 18.3 Å². The number of nitrogens with two attached hydrogens (primary N) is 1. The first-order valence-electron chi connectivity index (χ1n) is 6.63. The van der Waals surface area contributed by atoms with Crippen LogP contribution in [0, 0.1) is 0 Å². The summed E-state index contributed by atoms with van der Waals surface area (Å²) in [6.07, 6.45) is 1.63. The Labute approximate surface area is 122 Å². The zero-order valence-corrected chi connectivity index (χ0v) is 12.3. The summed E-state index contributed by atoms with van der Waals surface area (Å²) < 4.78 is 5.03. The number of carbonyl (C=O) groups excluding carboxylic acids is 1. The average Bonchev–Trinajstić information content (AvgIpc) is 2.87. The number of aromatic nitrogens is 3. The molecule has 21 heavy (non-hydrogen) atoms. The van der Waals surface area contributed by atoms with E-state index in [4.69, 9.17) is 10.5 Å². The average molecular weight is 289 g/mol. The van der Waals surface area contributed by atoms with Gasteiger partial charge in [0.2, 0.25) is 5.88 Å². The molecule has 0 saturated heterocycles. The van der Waals surface area contributed by atoms with Crippen LogP contribution in [0.3, 0.4) is 0 Å². The number of methoxy groups -OCH3 is 1. The molecule has 4 N–H and O–H groups in total. The van der Waals surface area contributed by atoms with Gasteiger partial charge in [0.15, 0.2) is 5.69 Å². The number of amides is 1. The van der Waals surface area contributed by atoms with Crippen molar-refractivity contribution in [3.05, 3.63) is 35.3 Å². The van der Waals surface area contributed by atoms with Crippen LogP contribution in [0.4, 0.5) is 5.69 Å². The van der Waals surface area contributed by atoms with Crippen LogP contribution in [0.25, 0.3) is 0 Å². The fourth-order valence-electron chi connectivity index (χ4n) is 1.92. The molecular weight excluding hydrogens is 270 g/mol. The maximum Gasteiger partial charge on any atom is 0.274 e. The Kier molecular flexibility index (Phi) is 4.42. The number of aromatic amines is 1. The summed E-state index contributed by atoms with van der Waals surface area (Å²) in [4.78, 5) is 16.1. The van der Waals surface area contributed by atoms with Gasteiger partial charge in [0.05, 0.1) is 18.5 Å². The summed E-state index contributed by atoms with van der Waals surface area (Å²) in [6.45, 7) is 4.31. The zero-order valence-electron chi connectivity index (χ0n) is 12.3. The molecule has 0 aliphatic carbocycles. The van der Waals surface area contributed by atoms with Crippen LogP contribution in [-0.4, -0.2) is 28.2 Å². The van der Waals surface area contributed by atoms with Gasteiger partial charge < -0.3 is 15.8 Å². The van der Waals surface area contributed by atoms with E-state index in [2.05, 4.69) is 20.5 Å². The third-order valence-electron chi connectivity index (χ3n) is 3.09. The van der Waals surface area contributed by atoms with Gasteiger partial charge in [-0.25, -0.2) is 4.98 Å². The Bertz CT molecular complexity index is 636. The Hall–Kier alpha value is -2.57. The van der Waals surface area contributed by atoms with E-state index in [9.17, 15) is 4.79 Å². The quantitative estimate of drug-likeness (QED) is 0.772. The number of rotatable bonds is 5. The summed E-state index contributed by atoms with van der Waals surface area (Å²) in [6, 6.07) is 3.56. The van der Waals surface area contributed by atoms with Crippen LogP contribution in [0.1, 0.15) is 41.5 Å². The molecule has 7 heteroatoms. The van der Waals surface area contributed by atoms with Crippen LogP contribution < -0.4 is 15.8 Å². The number of carbonyl (C=O) groups is 1. The minimum Gasteiger partial charge on any atom is -0.481 e. The molecule has 2 rings (SSSR count). The molecule has 0 atom stereocenters. The first-order chi connectivity index (χ1) is 10.0. The van der Waals surface area contributed by atoms with Crippen LogP contribution >= 0.6 is 0 Å². The van der Waals surface area contributed by atoms with E-state index in [0.717, 1.165) is 11.3 Å². The normalized spacial score (nSPS) is 10.7. The minimum atomic E-state index is -0.313. The van der Waals surface area contributed by atoms with E-state index in [0.29, 0.717) is 18.1 Å². The largest absolute Gasteiger partial charge is 0.481 e.